The van der Waals surface area contributed by atoms with E-state index in [9.17, 15) is 28.0 Å². The number of carboxylic acid groups (broad SMARTS) is 1. The van der Waals surface area contributed by atoms with Crippen LogP contribution >= 0.6 is 0 Å². The third kappa shape index (κ3) is 6.46. The van der Waals surface area contributed by atoms with Crippen LogP contribution in [0.15, 0.2) is 42.5 Å². The number of ketones is 1. The highest BCUT2D eigenvalue weighted by atomic mass is 19.1. The SMILES string of the molecule is Fc1cccc(CC2CC2)c1.NC(=O)C(C(=O)CN1CCCC1=O)c1cccc(F)c1C(=O)O. The van der Waals surface area contributed by atoms with Gasteiger partial charge in [-0.25, -0.2) is 13.6 Å². The Labute approximate surface area is 195 Å². The first-order valence-electron chi connectivity index (χ1n) is 11.0. The zero-order chi connectivity index (χ0) is 24.8. The Bertz CT molecular complexity index is 1100. The highest BCUT2D eigenvalue weighted by Crippen LogP contribution is 2.32. The van der Waals surface area contributed by atoms with Gasteiger partial charge in [0.1, 0.15) is 17.6 Å². The van der Waals surface area contributed by atoms with E-state index in [1.165, 1.54) is 35.9 Å². The third-order valence-electron chi connectivity index (χ3n) is 5.81. The summed E-state index contributed by atoms with van der Waals surface area (Å²) in [7, 11) is 0. The van der Waals surface area contributed by atoms with Gasteiger partial charge in [-0.3, -0.25) is 14.4 Å². The van der Waals surface area contributed by atoms with Crippen molar-refractivity contribution in [3.8, 4) is 0 Å². The van der Waals surface area contributed by atoms with Gasteiger partial charge in [0, 0.05) is 13.0 Å². The first-order valence-corrected chi connectivity index (χ1v) is 11.0. The Kier molecular flexibility index (Phi) is 8.09. The van der Waals surface area contributed by atoms with Crippen LogP contribution in [0, 0.1) is 17.6 Å². The molecule has 34 heavy (non-hydrogen) atoms. The zero-order valence-corrected chi connectivity index (χ0v) is 18.5. The Balaban J connectivity index is 0.000000243. The second kappa shape index (κ2) is 11.0. The number of carbonyl (C=O) groups is 4. The van der Waals surface area contributed by atoms with Crippen LogP contribution in [-0.2, 0) is 20.8 Å². The van der Waals surface area contributed by atoms with Crippen LogP contribution in [0.5, 0.6) is 0 Å². The summed E-state index contributed by atoms with van der Waals surface area (Å²) in [5.74, 6) is -5.60. The van der Waals surface area contributed by atoms with Gasteiger partial charge in [0.05, 0.1) is 12.1 Å². The van der Waals surface area contributed by atoms with E-state index in [-0.39, 0.29) is 23.8 Å². The van der Waals surface area contributed by atoms with Crippen molar-refractivity contribution >= 4 is 23.6 Å². The molecule has 2 aliphatic rings. The molecule has 1 heterocycles. The van der Waals surface area contributed by atoms with Gasteiger partial charge in [0.2, 0.25) is 11.8 Å². The molecule has 9 heteroatoms. The summed E-state index contributed by atoms with van der Waals surface area (Å²) in [6.45, 7) is 0.0208. The monoisotopic (exact) mass is 472 g/mol. The van der Waals surface area contributed by atoms with Crippen molar-refractivity contribution in [1.29, 1.82) is 0 Å². The third-order valence-corrected chi connectivity index (χ3v) is 5.81. The molecule has 1 unspecified atom stereocenters. The Morgan fingerprint density at radius 2 is 1.82 bits per heavy atom. The first-order chi connectivity index (χ1) is 16.2. The number of rotatable bonds is 8. The molecule has 1 atom stereocenters. The average molecular weight is 472 g/mol. The van der Waals surface area contributed by atoms with E-state index in [1.54, 1.807) is 12.1 Å². The minimum Gasteiger partial charge on any atom is -0.478 e. The van der Waals surface area contributed by atoms with Crippen molar-refractivity contribution in [3.05, 3.63) is 70.8 Å². The van der Waals surface area contributed by atoms with Gasteiger partial charge >= 0.3 is 5.97 Å². The highest BCUT2D eigenvalue weighted by Gasteiger charge is 2.34. The molecule has 0 radical (unpaired) electrons. The summed E-state index contributed by atoms with van der Waals surface area (Å²) < 4.78 is 26.4. The smallest absolute Gasteiger partial charge is 0.339 e. The van der Waals surface area contributed by atoms with Crippen LogP contribution in [0.25, 0.3) is 0 Å². The summed E-state index contributed by atoms with van der Waals surface area (Å²) in [4.78, 5) is 48.1. The standard InChI is InChI=1S/C15H15FN2O5.C10H11F/c16-9-4-1-3-8(12(9)15(22)23)13(14(17)21)10(19)7-18-6-2-5-11(18)20;11-10-3-1-2-9(7-10)6-8-4-5-8/h1,3-4,13H,2,5-7H2,(H2,17,21)(H,22,23);1-3,7-8H,4-6H2. The number of hydrogen-bond acceptors (Lipinski definition) is 4. The molecule has 0 bridgehead atoms. The Morgan fingerprint density at radius 3 is 2.38 bits per heavy atom. The number of carboxylic acids is 1. The fourth-order valence-electron chi connectivity index (χ4n) is 3.96. The molecule has 2 amide bonds. The van der Waals surface area contributed by atoms with E-state index >= 15 is 0 Å². The molecule has 1 saturated carbocycles. The van der Waals surface area contributed by atoms with Crippen LogP contribution in [0.3, 0.4) is 0 Å². The van der Waals surface area contributed by atoms with Crippen LogP contribution in [-0.4, -0.2) is 46.7 Å². The molecular formula is C25H26F2N2O5. The van der Waals surface area contributed by atoms with Gasteiger partial charge in [-0.1, -0.05) is 24.3 Å². The van der Waals surface area contributed by atoms with Crippen LogP contribution < -0.4 is 5.73 Å². The number of nitrogens with zero attached hydrogens (tertiary/aromatic N) is 1. The highest BCUT2D eigenvalue weighted by molar-refractivity contribution is 6.09. The molecule has 1 aliphatic heterocycles. The second-order valence-corrected chi connectivity index (χ2v) is 8.51. The van der Waals surface area contributed by atoms with Crippen molar-refractivity contribution in [2.45, 2.75) is 38.0 Å². The van der Waals surface area contributed by atoms with Gasteiger partial charge in [-0.15, -0.1) is 0 Å². The number of halogens is 2. The van der Waals surface area contributed by atoms with Gasteiger partial charge in [-0.2, -0.15) is 0 Å². The lowest BCUT2D eigenvalue weighted by atomic mass is 9.89. The van der Waals surface area contributed by atoms with Crippen molar-refractivity contribution in [1.82, 2.24) is 4.90 Å². The summed E-state index contributed by atoms with van der Waals surface area (Å²) in [5, 5.41) is 9.12. The largest absolute Gasteiger partial charge is 0.478 e. The molecule has 0 spiro atoms. The van der Waals surface area contributed by atoms with E-state index in [2.05, 4.69) is 0 Å². The predicted molar refractivity (Wildman–Crippen MR) is 119 cm³/mol. The maximum absolute atomic E-state index is 13.7. The molecule has 2 fully saturated rings. The normalized spacial score (nSPS) is 15.9. The van der Waals surface area contributed by atoms with Crippen LogP contribution in [0.2, 0.25) is 0 Å². The van der Waals surface area contributed by atoms with Gasteiger partial charge < -0.3 is 15.7 Å². The van der Waals surface area contributed by atoms with Crippen LogP contribution in [0.4, 0.5) is 8.78 Å². The Morgan fingerprint density at radius 1 is 1.12 bits per heavy atom. The molecule has 0 aromatic heterocycles. The zero-order valence-electron chi connectivity index (χ0n) is 18.5. The van der Waals surface area contributed by atoms with Crippen molar-refractivity contribution < 1.29 is 33.1 Å². The topological polar surface area (TPSA) is 118 Å². The van der Waals surface area contributed by atoms with E-state index in [1.807, 2.05) is 6.07 Å². The van der Waals surface area contributed by atoms with E-state index in [0.717, 1.165) is 24.0 Å². The number of Topliss-reactive ketones (excluding diaryl/α,β-unsaturated/α-hetero) is 1. The Hall–Kier alpha value is -3.62. The van der Waals surface area contributed by atoms with E-state index in [4.69, 9.17) is 10.8 Å². The number of primary amides is 1. The first kappa shape index (κ1) is 25.0. The fourth-order valence-corrected chi connectivity index (χ4v) is 3.96. The number of amides is 2. The number of likely N-dealkylation sites (tertiary alicyclic amines) is 1. The van der Waals surface area contributed by atoms with E-state index in [0.29, 0.717) is 19.4 Å². The van der Waals surface area contributed by atoms with Gasteiger partial charge in [0.15, 0.2) is 5.78 Å². The average Bonchev–Trinajstić information content (AvgIpc) is 3.48. The molecule has 3 N–H and O–H groups in total. The number of hydrogen-bond donors (Lipinski definition) is 2. The second-order valence-electron chi connectivity index (χ2n) is 8.51. The molecule has 2 aromatic rings. The van der Waals surface area contributed by atoms with Crippen molar-refractivity contribution in [3.63, 3.8) is 0 Å². The van der Waals surface area contributed by atoms with Crippen molar-refractivity contribution in [2.24, 2.45) is 11.7 Å². The molecule has 180 valence electrons. The maximum Gasteiger partial charge on any atom is 0.339 e. The summed E-state index contributed by atoms with van der Waals surface area (Å²) >= 11 is 0. The molecule has 4 rings (SSSR count). The van der Waals surface area contributed by atoms with E-state index < -0.39 is 35.0 Å². The predicted octanol–water partition coefficient (Wildman–Crippen LogP) is 3.06. The maximum atomic E-state index is 13.7. The number of nitrogens with two attached hydrogens (primary N) is 1. The summed E-state index contributed by atoms with van der Waals surface area (Å²) in [6.07, 6.45) is 4.65. The fraction of sp³-hybridized carbons (Fsp3) is 0.360. The molecular weight excluding hydrogens is 446 g/mol. The summed E-state index contributed by atoms with van der Waals surface area (Å²) in [6, 6.07) is 10.2. The molecule has 1 saturated heterocycles. The number of aromatic carboxylic acids is 1. The molecule has 1 aliphatic carbocycles. The lowest BCUT2D eigenvalue weighted by Gasteiger charge is -2.20. The minimum absolute atomic E-state index is 0.108. The van der Waals surface area contributed by atoms with Gasteiger partial charge in [0.25, 0.3) is 0 Å². The van der Waals surface area contributed by atoms with Crippen LogP contribution in [0.1, 0.15) is 53.1 Å². The number of benzene rings is 2. The lowest BCUT2D eigenvalue weighted by molar-refractivity contribution is -0.135. The van der Waals surface area contributed by atoms with Gasteiger partial charge in [-0.05, 0) is 60.9 Å². The molecule has 7 nitrogen and oxygen atoms in total. The van der Waals surface area contributed by atoms with Crippen molar-refractivity contribution in [2.75, 3.05) is 13.1 Å². The minimum atomic E-state index is -1.62. The molecule has 2 aromatic carbocycles. The number of carbonyl (C=O) groups excluding carboxylic acids is 3. The summed E-state index contributed by atoms with van der Waals surface area (Å²) in [5.41, 5.74) is 5.29. The lowest BCUT2D eigenvalue weighted by Crippen LogP contribution is -2.38. The quantitative estimate of drug-likeness (QED) is 0.573.